The van der Waals surface area contributed by atoms with Crippen molar-refractivity contribution in [1.29, 1.82) is 0 Å². The lowest BCUT2D eigenvalue weighted by Crippen LogP contribution is -2.41. The number of benzene rings is 1. The zero-order valence-electron chi connectivity index (χ0n) is 8.86. The molecule has 1 aliphatic rings. The van der Waals surface area contributed by atoms with Gasteiger partial charge in [-0.15, -0.1) is 0 Å². The second kappa shape index (κ2) is 3.43. The molecule has 1 aromatic heterocycles. The number of para-hydroxylation sites is 1. The third-order valence-electron chi connectivity index (χ3n) is 3.63. The monoisotopic (exact) mass is 235 g/mol. The predicted molar refractivity (Wildman–Crippen MR) is 64.9 cm³/mol. The molecular formula is C12H13NO2S. The normalized spacial score (nSPS) is 18.6. The molecule has 0 spiro atoms. The van der Waals surface area contributed by atoms with Gasteiger partial charge in [-0.3, -0.25) is 0 Å². The second-order valence-corrected chi connectivity index (χ2v) is 5.40. The van der Waals surface area contributed by atoms with Gasteiger partial charge in [0.1, 0.15) is 0 Å². The first-order valence-electron chi connectivity index (χ1n) is 5.48. The van der Waals surface area contributed by atoms with Crippen molar-refractivity contribution in [2.24, 2.45) is 5.73 Å². The Balaban J connectivity index is 2.26. The summed E-state index contributed by atoms with van der Waals surface area (Å²) in [4.78, 5) is 11.1. The molecule has 0 bridgehead atoms. The van der Waals surface area contributed by atoms with Crippen molar-refractivity contribution in [3.05, 3.63) is 33.5 Å². The van der Waals surface area contributed by atoms with E-state index < -0.39 is 0 Å². The fourth-order valence-electron chi connectivity index (χ4n) is 2.50. The van der Waals surface area contributed by atoms with Crippen LogP contribution in [0.3, 0.4) is 0 Å². The quantitative estimate of drug-likeness (QED) is 0.868. The van der Waals surface area contributed by atoms with Crippen LogP contribution in [-0.4, -0.2) is 6.54 Å². The average Bonchev–Trinajstić information content (AvgIpc) is 2.58. The molecule has 1 aliphatic carbocycles. The van der Waals surface area contributed by atoms with Gasteiger partial charge in [0.05, 0.1) is 4.70 Å². The molecule has 16 heavy (non-hydrogen) atoms. The van der Waals surface area contributed by atoms with Gasteiger partial charge in [0.25, 0.3) is 0 Å². The highest BCUT2D eigenvalue weighted by Crippen LogP contribution is 2.45. The largest absolute Gasteiger partial charge is 0.414 e. The van der Waals surface area contributed by atoms with Crippen molar-refractivity contribution in [1.82, 2.24) is 0 Å². The summed E-state index contributed by atoms with van der Waals surface area (Å²) in [5.74, 6) is 0. The predicted octanol–water partition coefficient (Wildman–Crippen LogP) is 2.23. The average molecular weight is 235 g/mol. The van der Waals surface area contributed by atoms with Gasteiger partial charge < -0.3 is 10.2 Å². The lowest BCUT2D eigenvalue weighted by Gasteiger charge is -2.41. The van der Waals surface area contributed by atoms with Crippen molar-refractivity contribution in [3.63, 3.8) is 0 Å². The summed E-state index contributed by atoms with van der Waals surface area (Å²) in [7, 11) is 0. The Morgan fingerprint density at radius 3 is 2.88 bits per heavy atom. The minimum atomic E-state index is -0.228. The molecule has 84 valence electrons. The van der Waals surface area contributed by atoms with E-state index >= 15 is 0 Å². The van der Waals surface area contributed by atoms with Gasteiger partial charge in [0, 0.05) is 17.5 Å². The maximum Gasteiger partial charge on any atom is 0.396 e. The van der Waals surface area contributed by atoms with Crippen LogP contribution in [0.1, 0.15) is 24.8 Å². The maximum absolute atomic E-state index is 11.3. The molecule has 0 unspecified atom stereocenters. The molecule has 3 rings (SSSR count). The fraction of sp³-hybridized carbons (Fsp3) is 0.417. The van der Waals surface area contributed by atoms with Gasteiger partial charge in [-0.25, -0.2) is 4.79 Å². The molecule has 4 heteroatoms. The third kappa shape index (κ3) is 1.26. The third-order valence-corrected chi connectivity index (χ3v) is 4.42. The van der Waals surface area contributed by atoms with Gasteiger partial charge in [-0.2, -0.15) is 0 Å². The number of hydrogen-bond donors (Lipinski definition) is 1. The van der Waals surface area contributed by atoms with E-state index in [4.69, 9.17) is 10.2 Å². The van der Waals surface area contributed by atoms with Gasteiger partial charge in [-0.1, -0.05) is 29.9 Å². The molecule has 0 radical (unpaired) electrons. The Bertz CT molecular complexity index is 574. The van der Waals surface area contributed by atoms with Crippen LogP contribution in [0.5, 0.6) is 0 Å². The fourth-order valence-corrected chi connectivity index (χ4v) is 3.20. The Labute approximate surface area is 96.9 Å². The highest BCUT2D eigenvalue weighted by atomic mass is 32.1. The van der Waals surface area contributed by atoms with Crippen LogP contribution in [0.4, 0.5) is 0 Å². The van der Waals surface area contributed by atoms with E-state index in [1.807, 2.05) is 18.2 Å². The smallest absolute Gasteiger partial charge is 0.396 e. The van der Waals surface area contributed by atoms with Crippen molar-refractivity contribution in [2.75, 3.05) is 6.54 Å². The van der Waals surface area contributed by atoms with Crippen LogP contribution in [0.15, 0.2) is 27.4 Å². The van der Waals surface area contributed by atoms with Gasteiger partial charge in [0.2, 0.25) is 0 Å². The summed E-state index contributed by atoms with van der Waals surface area (Å²) in [6.45, 7) is 0.631. The molecule has 0 atom stereocenters. The molecule has 0 amide bonds. The topological polar surface area (TPSA) is 56.2 Å². The second-order valence-electron chi connectivity index (χ2n) is 4.42. The molecular weight excluding hydrogens is 222 g/mol. The molecule has 2 N–H and O–H groups in total. The van der Waals surface area contributed by atoms with E-state index in [1.165, 1.54) is 6.42 Å². The highest BCUT2D eigenvalue weighted by molar-refractivity contribution is 7.16. The minimum absolute atomic E-state index is 0.0521. The van der Waals surface area contributed by atoms with E-state index in [1.54, 1.807) is 0 Å². The van der Waals surface area contributed by atoms with Crippen molar-refractivity contribution < 1.29 is 4.42 Å². The summed E-state index contributed by atoms with van der Waals surface area (Å²) in [6, 6.07) is 5.96. The lowest BCUT2D eigenvalue weighted by molar-refractivity contribution is 0.253. The number of nitrogens with two attached hydrogens (primary N) is 1. The molecule has 0 aliphatic heterocycles. The van der Waals surface area contributed by atoms with Crippen LogP contribution in [0, 0.1) is 0 Å². The zero-order valence-corrected chi connectivity index (χ0v) is 9.68. The molecule has 3 nitrogen and oxygen atoms in total. The Morgan fingerprint density at radius 1 is 1.44 bits per heavy atom. The lowest BCUT2D eigenvalue weighted by atomic mass is 9.64. The zero-order chi connectivity index (χ0) is 11.2. The highest BCUT2D eigenvalue weighted by Gasteiger charge is 2.39. The van der Waals surface area contributed by atoms with Gasteiger partial charge in [0.15, 0.2) is 5.58 Å². The summed E-state index contributed by atoms with van der Waals surface area (Å²) in [6.07, 6.45) is 3.41. The van der Waals surface area contributed by atoms with Gasteiger partial charge >= 0.3 is 4.94 Å². The van der Waals surface area contributed by atoms with E-state index in [9.17, 15) is 4.79 Å². The van der Waals surface area contributed by atoms with Gasteiger partial charge in [-0.05, 0) is 18.9 Å². The van der Waals surface area contributed by atoms with Crippen LogP contribution >= 0.6 is 11.3 Å². The molecule has 1 heterocycles. The van der Waals surface area contributed by atoms with Crippen molar-refractivity contribution in [3.8, 4) is 0 Å². The summed E-state index contributed by atoms with van der Waals surface area (Å²) >= 11 is 1.16. The van der Waals surface area contributed by atoms with Crippen LogP contribution in [-0.2, 0) is 5.41 Å². The number of fused-ring (bicyclic) bond motifs is 1. The SMILES string of the molecule is NCC1(c2cccc3sc(=O)oc23)CCC1. The number of rotatable bonds is 2. The summed E-state index contributed by atoms with van der Waals surface area (Å²) < 4.78 is 6.22. The van der Waals surface area contributed by atoms with Crippen LogP contribution in [0.25, 0.3) is 10.3 Å². The first-order valence-corrected chi connectivity index (χ1v) is 6.30. The van der Waals surface area contributed by atoms with Crippen LogP contribution in [0.2, 0.25) is 0 Å². The molecule has 1 fully saturated rings. The summed E-state index contributed by atoms with van der Waals surface area (Å²) in [5, 5.41) is 0. The molecule has 1 aromatic carbocycles. The van der Waals surface area contributed by atoms with Crippen molar-refractivity contribution in [2.45, 2.75) is 24.7 Å². The van der Waals surface area contributed by atoms with E-state index in [-0.39, 0.29) is 10.4 Å². The summed E-state index contributed by atoms with van der Waals surface area (Å²) in [5.41, 5.74) is 7.81. The van der Waals surface area contributed by atoms with E-state index in [2.05, 4.69) is 0 Å². The van der Waals surface area contributed by atoms with Crippen LogP contribution < -0.4 is 10.7 Å². The van der Waals surface area contributed by atoms with E-state index in [0.717, 1.165) is 40.0 Å². The Morgan fingerprint density at radius 2 is 2.25 bits per heavy atom. The molecule has 2 aromatic rings. The van der Waals surface area contributed by atoms with E-state index in [0.29, 0.717) is 6.54 Å². The molecule has 0 saturated heterocycles. The molecule has 1 saturated carbocycles. The first kappa shape index (κ1) is 10.1. The first-order chi connectivity index (χ1) is 7.75. The standard InChI is InChI=1S/C12H13NO2S/c13-7-12(5-2-6-12)8-3-1-4-9-10(8)15-11(14)16-9/h1,3-4H,2,5-7,13H2. The Hall–Kier alpha value is -1.13. The maximum atomic E-state index is 11.3. The number of hydrogen-bond acceptors (Lipinski definition) is 4. The van der Waals surface area contributed by atoms with Crippen molar-refractivity contribution >= 4 is 21.6 Å². The Kier molecular flexibility index (Phi) is 2.16. The minimum Gasteiger partial charge on any atom is -0.414 e.